The topological polar surface area (TPSA) is 98.6 Å². The Morgan fingerprint density at radius 2 is 2.07 bits per heavy atom. The van der Waals surface area contributed by atoms with Crippen molar-refractivity contribution in [2.75, 3.05) is 26.0 Å². The number of likely N-dealkylation sites (tertiary alicyclic amines) is 1. The number of hydrogen-bond donors (Lipinski definition) is 0. The summed E-state index contributed by atoms with van der Waals surface area (Å²) in [7, 11) is -3.36. The van der Waals surface area contributed by atoms with E-state index in [9.17, 15) is 18.0 Å². The average Bonchev–Trinajstić information content (AvgIpc) is 2.96. The molecular formula is C18H24BrN3O5S2. The summed E-state index contributed by atoms with van der Waals surface area (Å²) >= 11 is 4.41. The number of halogens is 1. The molecule has 3 rings (SSSR count). The summed E-state index contributed by atoms with van der Waals surface area (Å²) in [5.41, 5.74) is 0.675. The van der Waals surface area contributed by atoms with E-state index in [0.29, 0.717) is 35.8 Å². The summed E-state index contributed by atoms with van der Waals surface area (Å²) in [5, 5.41) is 0. The highest BCUT2D eigenvalue weighted by atomic mass is 79.9. The number of nitrogens with zero attached hydrogens (tertiary/aromatic N) is 3. The lowest BCUT2D eigenvalue weighted by atomic mass is 9.91. The number of pyridine rings is 1. The minimum Gasteiger partial charge on any atom is -0.341 e. The van der Waals surface area contributed by atoms with Gasteiger partial charge in [-0.05, 0) is 47.2 Å². The van der Waals surface area contributed by atoms with Gasteiger partial charge in [-0.1, -0.05) is 24.2 Å². The SMILES string of the molecule is CS(=O)(=O)OCCCCC1CCN(C(=O)Cn2c(=O)sc3ncc(Br)cc32)CC1. The van der Waals surface area contributed by atoms with Crippen molar-refractivity contribution in [2.45, 2.75) is 38.6 Å². The van der Waals surface area contributed by atoms with E-state index in [4.69, 9.17) is 4.18 Å². The molecule has 1 fully saturated rings. The van der Waals surface area contributed by atoms with Crippen molar-refractivity contribution in [1.82, 2.24) is 14.5 Å². The molecular weight excluding hydrogens is 482 g/mol. The second-order valence-corrected chi connectivity index (χ2v) is 10.8. The number of piperidine rings is 1. The highest BCUT2D eigenvalue weighted by Gasteiger charge is 2.24. The van der Waals surface area contributed by atoms with Gasteiger partial charge in [0.25, 0.3) is 10.1 Å². The van der Waals surface area contributed by atoms with E-state index in [0.717, 1.165) is 47.7 Å². The molecule has 0 saturated carbocycles. The minimum atomic E-state index is -3.36. The zero-order valence-electron chi connectivity index (χ0n) is 16.2. The maximum absolute atomic E-state index is 12.7. The molecule has 2 aromatic rings. The molecule has 8 nitrogen and oxygen atoms in total. The van der Waals surface area contributed by atoms with Crippen LogP contribution in [-0.2, 0) is 25.6 Å². The summed E-state index contributed by atoms with van der Waals surface area (Å²) in [5.74, 6) is 0.480. The summed E-state index contributed by atoms with van der Waals surface area (Å²) in [6, 6.07) is 1.81. The van der Waals surface area contributed by atoms with Gasteiger partial charge in [0.05, 0.1) is 18.4 Å². The first-order valence-corrected chi connectivity index (χ1v) is 12.9. The zero-order chi connectivity index (χ0) is 21.0. The van der Waals surface area contributed by atoms with Crippen LogP contribution in [0.2, 0.25) is 0 Å². The Labute approximate surface area is 182 Å². The lowest BCUT2D eigenvalue weighted by Crippen LogP contribution is -2.41. The molecule has 0 atom stereocenters. The third kappa shape index (κ3) is 6.34. The van der Waals surface area contributed by atoms with Gasteiger partial charge in [-0.2, -0.15) is 8.42 Å². The monoisotopic (exact) mass is 505 g/mol. The predicted molar refractivity (Wildman–Crippen MR) is 116 cm³/mol. The maximum atomic E-state index is 12.7. The van der Waals surface area contributed by atoms with Crippen molar-refractivity contribution >= 4 is 53.6 Å². The quantitative estimate of drug-likeness (QED) is 0.403. The van der Waals surface area contributed by atoms with Crippen molar-refractivity contribution in [3.63, 3.8) is 0 Å². The van der Waals surface area contributed by atoms with Gasteiger partial charge >= 0.3 is 4.87 Å². The van der Waals surface area contributed by atoms with Gasteiger partial charge in [0.15, 0.2) is 0 Å². The van der Waals surface area contributed by atoms with Crippen LogP contribution in [0.1, 0.15) is 32.1 Å². The van der Waals surface area contributed by atoms with Crippen LogP contribution in [-0.4, -0.2) is 54.7 Å². The first kappa shape index (κ1) is 22.4. The fourth-order valence-electron chi connectivity index (χ4n) is 3.53. The van der Waals surface area contributed by atoms with Crippen LogP contribution in [0, 0.1) is 5.92 Å². The number of amides is 1. The molecule has 0 unspecified atom stereocenters. The molecule has 0 aromatic carbocycles. The number of hydrogen-bond acceptors (Lipinski definition) is 7. The molecule has 160 valence electrons. The highest BCUT2D eigenvalue weighted by Crippen LogP contribution is 2.24. The van der Waals surface area contributed by atoms with Crippen molar-refractivity contribution < 1.29 is 17.4 Å². The first-order valence-electron chi connectivity index (χ1n) is 9.50. The Morgan fingerprint density at radius 3 is 2.76 bits per heavy atom. The molecule has 1 aliphatic rings. The standard InChI is InChI=1S/C18H24BrN3O5S2/c1-29(25,26)27-9-3-2-4-13-5-7-21(8-6-13)16(23)12-22-15-10-14(19)11-20-17(15)28-18(22)24/h10-11,13H,2-9,12H2,1H3. The van der Waals surface area contributed by atoms with E-state index in [2.05, 4.69) is 20.9 Å². The van der Waals surface area contributed by atoms with Gasteiger partial charge in [-0.3, -0.25) is 18.3 Å². The van der Waals surface area contributed by atoms with Crippen molar-refractivity contribution in [3.05, 3.63) is 26.4 Å². The number of rotatable bonds is 8. The largest absolute Gasteiger partial charge is 0.341 e. The van der Waals surface area contributed by atoms with Gasteiger partial charge in [-0.25, -0.2) is 4.98 Å². The molecule has 2 aromatic heterocycles. The Bertz CT molecular complexity index is 1030. The van der Waals surface area contributed by atoms with Gasteiger partial charge in [-0.15, -0.1) is 0 Å². The average molecular weight is 506 g/mol. The van der Waals surface area contributed by atoms with Crippen LogP contribution in [0.15, 0.2) is 21.5 Å². The second kappa shape index (κ2) is 9.67. The molecule has 11 heteroatoms. The predicted octanol–water partition coefficient (Wildman–Crippen LogP) is 2.61. The van der Waals surface area contributed by atoms with Crippen LogP contribution in [0.5, 0.6) is 0 Å². The summed E-state index contributed by atoms with van der Waals surface area (Å²) in [6.07, 6.45) is 7.17. The number of thiazole rings is 1. The summed E-state index contributed by atoms with van der Waals surface area (Å²) < 4.78 is 28.9. The van der Waals surface area contributed by atoms with E-state index in [1.54, 1.807) is 6.20 Å². The van der Waals surface area contributed by atoms with Crippen LogP contribution in [0.25, 0.3) is 10.3 Å². The number of aromatic nitrogens is 2. The van der Waals surface area contributed by atoms with Crippen molar-refractivity contribution in [3.8, 4) is 0 Å². The van der Waals surface area contributed by atoms with Crippen molar-refractivity contribution in [1.29, 1.82) is 0 Å². The number of carbonyl (C=O) groups excluding carboxylic acids is 1. The Morgan fingerprint density at radius 1 is 1.34 bits per heavy atom. The van der Waals surface area contributed by atoms with Gasteiger partial charge < -0.3 is 4.90 Å². The fourth-order valence-corrected chi connectivity index (χ4v) is 5.08. The van der Waals surface area contributed by atoms with Crippen molar-refractivity contribution in [2.24, 2.45) is 5.92 Å². The van der Waals surface area contributed by atoms with Crippen LogP contribution in [0.4, 0.5) is 0 Å². The Kier molecular flexibility index (Phi) is 7.47. The Balaban J connectivity index is 1.47. The highest BCUT2D eigenvalue weighted by molar-refractivity contribution is 9.10. The van der Waals surface area contributed by atoms with E-state index >= 15 is 0 Å². The molecule has 0 aliphatic carbocycles. The lowest BCUT2D eigenvalue weighted by Gasteiger charge is -2.32. The molecule has 0 radical (unpaired) electrons. The van der Waals surface area contributed by atoms with E-state index in [1.807, 2.05) is 11.0 Å². The van der Waals surface area contributed by atoms with Crippen LogP contribution < -0.4 is 4.87 Å². The number of unbranched alkanes of at least 4 members (excludes halogenated alkanes) is 1. The minimum absolute atomic E-state index is 0.0322. The number of carbonyl (C=O) groups is 1. The lowest BCUT2D eigenvalue weighted by molar-refractivity contribution is -0.133. The van der Waals surface area contributed by atoms with Crippen LogP contribution in [0.3, 0.4) is 0 Å². The molecule has 29 heavy (non-hydrogen) atoms. The molecule has 0 bridgehead atoms. The Hall–Kier alpha value is -1.30. The molecule has 0 spiro atoms. The molecule has 1 saturated heterocycles. The van der Waals surface area contributed by atoms with E-state index < -0.39 is 10.1 Å². The van der Waals surface area contributed by atoms with Crippen LogP contribution >= 0.6 is 27.3 Å². The van der Waals surface area contributed by atoms with E-state index in [-0.39, 0.29) is 23.9 Å². The fraction of sp³-hybridized carbons (Fsp3) is 0.611. The smallest absolute Gasteiger partial charge is 0.310 e. The maximum Gasteiger partial charge on any atom is 0.310 e. The summed E-state index contributed by atoms with van der Waals surface area (Å²) in [6.45, 7) is 1.62. The molecule has 0 N–H and O–H groups in total. The zero-order valence-corrected chi connectivity index (χ0v) is 19.4. The molecule has 1 aliphatic heterocycles. The van der Waals surface area contributed by atoms with E-state index in [1.165, 1.54) is 4.57 Å². The number of fused-ring (bicyclic) bond motifs is 1. The summed E-state index contributed by atoms with van der Waals surface area (Å²) in [4.78, 5) is 31.5. The van der Waals surface area contributed by atoms with Gasteiger partial charge in [0, 0.05) is 23.8 Å². The third-order valence-electron chi connectivity index (χ3n) is 5.06. The molecule has 3 heterocycles. The molecule has 1 amide bonds. The van der Waals surface area contributed by atoms with Gasteiger partial charge in [0.2, 0.25) is 5.91 Å². The van der Waals surface area contributed by atoms with Gasteiger partial charge in [0.1, 0.15) is 11.4 Å². The second-order valence-electron chi connectivity index (χ2n) is 7.28. The normalized spacial score (nSPS) is 15.9. The first-order chi connectivity index (χ1) is 13.7. The third-order valence-corrected chi connectivity index (χ3v) is 6.99.